The van der Waals surface area contributed by atoms with Crippen LogP contribution in [-0.4, -0.2) is 62.1 Å². The number of benzene rings is 2. The summed E-state index contributed by atoms with van der Waals surface area (Å²) in [7, 11) is 0. The molecule has 0 N–H and O–H groups in total. The SMILES string of the molecule is O=C1c2cccc3c(N4CCOCC4)ccc(c23)C(=O)N1CCOC(=O)C12CC3CC(CC(C3)C1)C2. The fourth-order valence-corrected chi connectivity index (χ4v) is 8.16. The molecular formula is C29H32N2O5. The van der Waals surface area contributed by atoms with Gasteiger partial charge in [-0.25, -0.2) is 0 Å². The average Bonchev–Trinajstić information content (AvgIpc) is 2.88. The lowest BCUT2D eigenvalue weighted by atomic mass is 9.49. The van der Waals surface area contributed by atoms with Gasteiger partial charge in [0, 0.05) is 40.7 Å². The summed E-state index contributed by atoms with van der Waals surface area (Å²) in [6.45, 7) is 3.02. The van der Waals surface area contributed by atoms with Crippen molar-refractivity contribution in [2.75, 3.05) is 44.4 Å². The summed E-state index contributed by atoms with van der Waals surface area (Å²) >= 11 is 0. The van der Waals surface area contributed by atoms with Crippen LogP contribution < -0.4 is 4.90 Å². The van der Waals surface area contributed by atoms with Crippen LogP contribution in [0.2, 0.25) is 0 Å². The van der Waals surface area contributed by atoms with Crippen LogP contribution in [-0.2, 0) is 14.3 Å². The summed E-state index contributed by atoms with van der Waals surface area (Å²) in [5, 5.41) is 1.64. The number of rotatable bonds is 5. The Balaban J connectivity index is 1.09. The first-order chi connectivity index (χ1) is 17.5. The molecule has 0 spiro atoms. The Bertz CT molecular complexity index is 1210. The molecule has 2 aliphatic heterocycles. The summed E-state index contributed by atoms with van der Waals surface area (Å²) < 4.78 is 11.3. The van der Waals surface area contributed by atoms with Crippen LogP contribution in [0.5, 0.6) is 0 Å². The molecule has 1 saturated heterocycles. The van der Waals surface area contributed by atoms with Gasteiger partial charge >= 0.3 is 5.97 Å². The number of imide groups is 1. The number of ether oxygens (including phenoxy) is 2. The number of hydrogen-bond acceptors (Lipinski definition) is 6. The van der Waals surface area contributed by atoms with Crippen LogP contribution in [0.1, 0.15) is 59.2 Å². The smallest absolute Gasteiger partial charge is 0.312 e. The lowest BCUT2D eigenvalue weighted by Gasteiger charge is -2.55. The van der Waals surface area contributed by atoms with Crippen molar-refractivity contribution in [2.45, 2.75) is 38.5 Å². The van der Waals surface area contributed by atoms with Gasteiger partial charge in [-0.2, -0.15) is 0 Å². The number of carbonyl (C=O) groups excluding carboxylic acids is 3. The second-order valence-corrected chi connectivity index (χ2v) is 11.6. The zero-order chi connectivity index (χ0) is 24.4. The number of morpholine rings is 1. The van der Waals surface area contributed by atoms with Gasteiger partial charge in [0.1, 0.15) is 6.61 Å². The van der Waals surface area contributed by atoms with Gasteiger partial charge < -0.3 is 14.4 Å². The second-order valence-electron chi connectivity index (χ2n) is 11.6. The van der Waals surface area contributed by atoms with Crippen molar-refractivity contribution in [3.63, 3.8) is 0 Å². The van der Waals surface area contributed by atoms with Gasteiger partial charge in [0.2, 0.25) is 0 Å². The molecule has 8 rings (SSSR count). The molecule has 4 aliphatic carbocycles. The van der Waals surface area contributed by atoms with E-state index in [4.69, 9.17) is 9.47 Å². The highest BCUT2D eigenvalue weighted by molar-refractivity contribution is 6.26. The third-order valence-electron chi connectivity index (χ3n) is 9.34. The van der Waals surface area contributed by atoms with Crippen molar-refractivity contribution < 1.29 is 23.9 Å². The first kappa shape index (κ1) is 22.3. The predicted molar refractivity (Wildman–Crippen MR) is 134 cm³/mol. The van der Waals surface area contributed by atoms with E-state index >= 15 is 0 Å². The van der Waals surface area contributed by atoms with Crippen molar-refractivity contribution >= 4 is 34.2 Å². The highest BCUT2D eigenvalue weighted by Gasteiger charge is 2.55. The van der Waals surface area contributed by atoms with Gasteiger partial charge in [0.15, 0.2) is 0 Å². The Labute approximate surface area is 210 Å². The summed E-state index contributed by atoms with van der Waals surface area (Å²) in [5.74, 6) is 1.23. The van der Waals surface area contributed by atoms with Crippen LogP contribution in [0.3, 0.4) is 0 Å². The van der Waals surface area contributed by atoms with E-state index in [0.717, 1.165) is 48.8 Å². The molecule has 4 bridgehead atoms. The minimum absolute atomic E-state index is 0.0508. The minimum Gasteiger partial charge on any atom is -0.463 e. The molecular weight excluding hydrogens is 456 g/mol. The first-order valence-corrected chi connectivity index (χ1v) is 13.4. The molecule has 188 valence electrons. The fourth-order valence-electron chi connectivity index (χ4n) is 8.16. The zero-order valence-corrected chi connectivity index (χ0v) is 20.5. The van der Waals surface area contributed by atoms with Crippen molar-refractivity contribution in [3.05, 3.63) is 41.5 Å². The monoisotopic (exact) mass is 488 g/mol. The average molecular weight is 489 g/mol. The second kappa shape index (κ2) is 8.30. The number of amides is 2. The molecule has 0 radical (unpaired) electrons. The van der Waals surface area contributed by atoms with E-state index in [1.807, 2.05) is 24.3 Å². The first-order valence-electron chi connectivity index (χ1n) is 13.4. The van der Waals surface area contributed by atoms with E-state index in [1.54, 1.807) is 6.07 Å². The maximum Gasteiger partial charge on any atom is 0.312 e. The largest absolute Gasteiger partial charge is 0.463 e. The number of anilines is 1. The number of hydrogen-bond donors (Lipinski definition) is 0. The number of carbonyl (C=O) groups is 3. The van der Waals surface area contributed by atoms with Gasteiger partial charge in [-0.15, -0.1) is 0 Å². The Kier molecular flexibility index (Phi) is 5.14. The molecule has 0 atom stereocenters. The minimum atomic E-state index is -0.335. The van der Waals surface area contributed by atoms with E-state index in [9.17, 15) is 14.4 Å². The molecule has 7 nitrogen and oxygen atoms in total. The molecule has 2 aromatic rings. The van der Waals surface area contributed by atoms with E-state index in [1.165, 1.54) is 24.2 Å². The van der Waals surface area contributed by atoms with Crippen molar-refractivity contribution in [1.29, 1.82) is 0 Å². The quantitative estimate of drug-likeness (QED) is 0.467. The molecule has 2 aromatic carbocycles. The topological polar surface area (TPSA) is 76.2 Å². The lowest BCUT2D eigenvalue weighted by Crippen LogP contribution is -2.51. The Morgan fingerprint density at radius 1 is 0.917 bits per heavy atom. The molecule has 6 aliphatic rings. The summed E-state index contributed by atoms with van der Waals surface area (Å²) in [4.78, 5) is 43.6. The molecule has 0 aromatic heterocycles. The third kappa shape index (κ3) is 3.39. The summed E-state index contributed by atoms with van der Waals surface area (Å²) in [5.41, 5.74) is 1.75. The van der Waals surface area contributed by atoms with Crippen molar-refractivity contribution in [1.82, 2.24) is 4.90 Å². The molecule has 2 amide bonds. The van der Waals surface area contributed by atoms with Crippen molar-refractivity contribution in [2.24, 2.45) is 23.2 Å². The van der Waals surface area contributed by atoms with Gasteiger partial charge in [0.05, 0.1) is 25.2 Å². The Morgan fingerprint density at radius 3 is 2.22 bits per heavy atom. The molecule has 5 fully saturated rings. The van der Waals surface area contributed by atoms with Crippen LogP contribution >= 0.6 is 0 Å². The van der Waals surface area contributed by atoms with Crippen LogP contribution in [0, 0.1) is 23.2 Å². The Morgan fingerprint density at radius 2 is 1.56 bits per heavy atom. The van der Waals surface area contributed by atoms with E-state index in [-0.39, 0.29) is 36.4 Å². The Hall–Kier alpha value is -2.93. The fraction of sp³-hybridized carbons (Fsp3) is 0.552. The maximum absolute atomic E-state index is 13.4. The van der Waals surface area contributed by atoms with Crippen LogP contribution in [0.15, 0.2) is 30.3 Å². The molecule has 4 saturated carbocycles. The highest BCUT2D eigenvalue weighted by atomic mass is 16.5. The summed E-state index contributed by atoms with van der Waals surface area (Å²) in [6.07, 6.45) is 6.63. The number of nitrogens with zero attached hydrogens (tertiary/aromatic N) is 2. The van der Waals surface area contributed by atoms with Gasteiger partial charge in [-0.1, -0.05) is 12.1 Å². The highest BCUT2D eigenvalue weighted by Crippen LogP contribution is 2.60. The van der Waals surface area contributed by atoms with Crippen LogP contribution in [0.4, 0.5) is 5.69 Å². The van der Waals surface area contributed by atoms with Gasteiger partial charge in [-0.05, 0) is 74.5 Å². The van der Waals surface area contributed by atoms with Gasteiger partial charge in [-0.3, -0.25) is 19.3 Å². The molecule has 7 heteroatoms. The predicted octanol–water partition coefficient (Wildman–Crippen LogP) is 4.03. The zero-order valence-electron chi connectivity index (χ0n) is 20.5. The van der Waals surface area contributed by atoms with Crippen LogP contribution in [0.25, 0.3) is 10.8 Å². The van der Waals surface area contributed by atoms with Crippen molar-refractivity contribution in [3.8, 4) is 0 Å². The summed E-state index contributed by atoms with van der Waals surface area (Å²) in [6, 6.07) is 9.46. The van der Waals surface area contributed by atoms with E-state index < -0.39 is 0 Å². The number of esters is 1. The molecule has 36 heavy (non-hydrogen) atoms. The third-order valence-corrected chi connectivity index (χ3v) is 9.34. The normalized spacial score (nSPS) is 30.8. The van der Waals surface area contributed by atoms with E-state index in [2.05, 4.69) is 4.90 Å². The standard InChI is InChI=1S/C29H32N2O5/c32-26-22-3-1-2-21-24(30-6-9-35-10-7-30)5-4-23(25(21)22)27(33)31(26)8-11-36-28(34)29-15-18-12-19(16-29)14-20(13-18)17-29/h1-5,18-20H,6-17H2. The lowest BCUT2D eigenvalue weighted by molar-refractivity contribution is -0.171. The van der Waals surface area contributed by atoms with E-state index in [0.29, 0.717) is 42.1 Å². The maximum atomic E-state index is 13.4. The molecule has 2 heterocycles. The molecule has 0 unspecified atom stereocenters. The van der Waals surface area contributed by atoms with Gasteiger partial charge in [0.25, 0.3) is 11.8 Å².